The lowest BCUT2D eigenvalue weighted by molar-refractivity contribution is -0.143. The van der Waals surface area contributed by atoms with Gasteiger partial charge < -0.3 is 14.5 Å². The van der Waals surface area contributed by atoms with Crippen molar-refractivity contribution in [1.29, 1.82) is 0 Å². The number of anilines is 1. The van der Waals surface area contributed by atoms with Crippen molar-refractivity contribution in [2.75, 3.05) is 24.6 Å². The highest BCUT2D eigenvalue weighted by Gasteiger charge is 2.33. The number of nitrogens with zero attached hydrogens (tertiary/aromatic N) is 2. The van der Waals surface area contributed by atoms with E-state index >= 15 is 0 Å². The molecule has 0 saturated heterocycles. The third-order valence-corrected chi connectivity index (χ3v) is 5.58. The van der Waals surface area contributed by atoms with Crippen LogP contribution in [-0.2, 0) is 27.0 Å². The number of alkyl halides is 3. The third kappa shape index (κ3) is 5.59. The molecule has 2 aromatic rings. The molecular weight excluding hydrogens is 540 g/mol. The summed E-state index contributed by atoms with van der Waals surface area (Å²) in [5.74, 6) is -1.27. The highest BCUT2D eigenvalue weighted by molar-refractivity contribution is 14.1. The minimum absolute atomic E-state index is 0.00353. The number of carbonyl (C=O) groups is 3. The van der Waals surface area contributed by atoms with Gasteiger partial charge in [-0.15, -0.1) is 0 Å². The largest absolute Gasteiger partial charge is 0.466 e. The van der Waals surface area contributed by atoms with E-state index in [1.165, 1.54) is 21.9 Å². The van der Waals surface area contributed by atoms with E-state index in [1.807, 2.05) is 0 Å². The standard InChI is InChI=1S/C22H20F3IN2O4/c1-2-32-20(30)9-10-27-13-19(29)28(18-8-7-16(26)11-17(18)21(27)31)12-14-3-5-15(6-4-14)22(23,24)25/h3-8,11H,2,9-10,12-13H2,1H3. The Morgan fingerprint density at radius 1 is 1.12 bits per heavy atom. The average molecular weight is 560 g/mol. The van der Waals surface area contributed by atoms with Gasteiger partial charge in [-0.25, -0.2) is 0 Å². The fourth-order valence-corrected chi connectivity index (χ4v) is 3.83. The van der Waals surface area contributed by atoms with E-state index in [-0.39, 0.29) is 32.7 Å². The smallest absolute Gasteiger partial charge is 0.416 e. The minimum Gasteiger partial charge on any atom is -0.466 e. The predicted molar refractivity (Wildman–Crippen MR) is 119 cm³/mol. The van der Waals surface area contributed by atoms with Crippen LogP contribution in [0, 0.1) is 3.57 Å². The monoisotopic (exact) mass is 560 g/mol. The van der Waals surface area contributed by atoms with Crippen molar-refractivity contribution in [1.82, 2.24) is 4.90 Å². The lowest BCUT2D eigenvalue weighted by atomic mass is 10.1. The third-order valence-electron chi connectivity index (χ3n) is 4.91. The maximum absolute atomic E-state index is 13.1. The summed E-state index contributed by atoms with van der Waals surface area (Å²) in [6, 6.07) is 9.59. The molecule has 0 aromatic heterocycles. The Balaban J connectivity index is 1.89. The minimum atomic E-state index is -4.45. The van der Waals surface area contributed by atoms with Crippen LogP contribution in [0.1, 0.15) is 34.8 Å². The van der Waals surface area contributed by atoms with Gasteiger partial charge in [-0.3, -0.25) is 14.4 Å². The molecule has 0 aliphatic carbocycles. The first kappa shape index (κ1) is 24.0. The number of halogens is 4. The number of hydrogen-bond donors (Lipinski definition) is 0. The van der Waals surface area contributed by atoms with Crippen LogP contribution in [0.25, 0.3) is 0 Å². The van der Waals surface area contributed by atoms with E-state index in [4.69, 9.17) is 4.74 Å². The van der Waals surface area contributed by atoms with Gasteiger partial charge in [0.15, 0.2) is 0 Å². The van der Waals surface area contributed by atoms with Gasteiger partial charge in [-0.05, 0) is 65.4 Å². The fourth-order valence-electron chi connectivity index (χ4n) is 3.34. The first-order chi connectivity index (χ1) is 15.1. The molecule has 0 spiro atoms. The Hall–Kier alpha value is -2.63. The summed E-state index contributed by atoms with van der Waals surface area (Å²) >= 11 is 2.05. The van der Waals surface area contributed by atoms with Gasteiger partial charge in [-0.2, -0.15) is 13.2 Å². The number of fused-ring (bicyclic) bond motifs is 1. The molecule has 6 nitrogen and oxygen atoms in total. The van der Waals surface area contributed by atoms with Crippen LogP contribution >= 0.6 is 22.6 Å². The Morgan fingerprint density at radius 3 is 2.44 bits per heavy atom. The molecule has 0 N–H and O–H groups in total. The fraction of sp³-hybridized carbons (Fsp3) is 0.318. The van der Waals surface area contributed by atoms with Gasteiger partial charge in [0.1, 0.15) is 6.54 Å². The highest BCUT2D eigenvalue weighted by atomic mass is 127. The second-order valence-corrected chi connectivity index (χ2v) is 8.36. The summed E-state index contributed by atoms with van der Waals surface area (Å²) in [7, 11) is 0. The number of benzene rings is 2. The summed E-state index contributed by atoms with van der Waals surface area (Å²) in [6.07, 6.45) is -4.50. The molecule has 0 unspecified atom stereocenters. The van der Waals surface area contributed by atoms with Crippen molar-refractivity contribution >= 4 is 46.1 Å². The number of amides is 2. The number of rotatable bonds is 6. The molecule has 32 heavy (non-hydrogen) atoms. The quantitative estimate of drug-likeness (QED) is 0.392. The van der Waals surface area contributed by atoms with E-state index in [0.717, 1.165) is 15.7 Å². The molecule has 0 fully saturated rings. The van der Waals surface area contributed by atoms with Crippen molar-refractivity contribution in [3.8, 4) is 0 Å². The molecule has 1 heterocycles. The molecule has 1 aliphatic heterocycles. The lowest BCUT2D eigenvalue weighted by Crippen LogP contribution is -2.40. The molecule has 0 bridgehead atoms. The maximum Gasteiger partial charge on any atom is 0.416 e. The van der Waals surface area contributed by atoms with Crippen LogP contribution in [-0.4, -0.2) is 42.4 Å². The van der Waals surface area contributed by atoms with Crippen molar-refractivity contribution in [2.24, 2.45) is 0 Å². The van der Waals surface area contributed by atoms with Crippen LogP contribution in [0.4, 0.5) is 18.9 Å². The van der Waals surface area contributed by atoms with Crippen LogP contribution in [0.15, 0.2) is 42.5 Å². The molecule has 2 aromatic carbocycles. The second-order valence-electron chi connectivity index (χ2n) is 7.12. The molecule has 0 saturated carbocycles. The molecular formula is C22H20F3IN2O4. The van der Waals surface area contributed by atoms with E-state index in [1.54, 1.807) is 25.1 Å². The topological polar surface area (TPSA) is 66.9 Å². The van der Waals surface area contributed by atoms with Gasteiger partial charge in [0, 0.05) is 10.1 Å². The first-order valence-electron chi connectivity index (χ1n) is 9.81. The highest BCUT2D eigenvalue weighted by Crippen LogP contribution is 2.31. The summed E-state index contributed by atoms with van der Waals surface area (Å²) in [5.41, 5.74) is 0.374. The Bertz CT molecular complexity index is 1020. The van der Waals surface area contributed by atoms with Crippen LogP contribution in [0.5, 0.6) is 0 Å². The molecule has 3 rings (SSSR count). The van der Waals surface area contributed by atoms with E-state index in [0.29, 0.717) is 16.8 Å². The van der Waals surface area contributed by atoms with Gasteiger partial charge in [0.25, 0.3) is 5.91 Å². The molecule has 0 radical (unpaired) electrons. The Labute approximate surface area is 196 Å². The predicted octanol–water partition coefficient (Wildman–Crippen LogP) is 4.25. The second kappa shape index (κ2) is 9.88. The summed E-state index contributed by atoms with van der Waals surface area (Å²) in [4.78, 5) is 40.6. The normalized spacial score (nSPS) is 14.3. The van der Waals surface area contributed by atoms with E-state index in [2.05, 4.69) is 22.6 Å². The van der Waals surface area contributed by atoms with E-state index < -0.39 is 29.5 Å². The molecule has 1 aliphatic rings. The zero-order chi connectivity index (χ0) is 23.5. The summed E-state index contributed by atoms with van der Waals surface area (Å²) < 4.78 is 44.2. The van der Waals surface area contributed by atoms with Crippen LogP contribution < -0.4 is 4.90 Å². The summed E-state index contributed by atoms with van der Waals surface area (Å²) in [6.45, 7) is 1.65. The van der Waals surface area contributed by atoms with Gasteiger partial charge >= 0.3 is 12.1 Å². The maximum atomic E-state index is 13.1. The van der Waals surface area contributed by atoms with E-state index in [9.17, 15) is 27.6 Å². The molecule has 0 atom stereocenters. The molecule has 10 heteroatoms. The number of hydrogen-bond acceptors (Lipinski definition) is 4. The molecule has 2 amide bonds. The first-order valence-corrected chi connectivity index (χ1v) is 10.9. The number of carbonyl (C=O) groups excluding carboxylic acids is 3. The van der Waals surface area contributed by atoms with Crippen molar-refractivity contribution in [2.45, 2.75) is 26.1 Å². The average Bonchev–Trinajstić information content (AvgIpc) is 2.82. The van der Waals surface area contributed by atoms with Crippen molar-refractivity contribution in [3.63, 3.8) is 0 Å². The summed E-state index contributed by atoms with van der Waals surface area (Å²) in [5, 5.41) is 0. The van der Waals surface area contributed by atoms with Crippen molar-refractivity contribution < 1.29 is 32.3 Å². The van der Waals surface area contributed by atoms with Crippen LogP contribution in [0.3, 0.4) is 0 Å². The van der Waals surface area contributed by atoms with Crippen molar-refractivity contribution in [3.05, 3.63) is 62.7 Å². The zero-order valence-corrected chi connectivity index (χ0v) is 19.3. The SMILES string of the molecule is CCOC(=O)CCN1CC(=O)N(Cc2ccc(C(F)(F)F)cc2)c2ccc(I)cc2C1=O. The van der Waals surface area contributed by atoms with Crippen LogP contribution in [0.2, 0.25) is 0 Å². The lowest BCUT2D eigenvalue weighted by Gasteiger charge is -2.23. The Morgan fingerprint density at radius 2 is 1.81 bits per heavy atom. The zero-order valence-electron chi connectivity index (χ0n) is 17.1. The number of ether oxygens (including phenoxy) is 1. The van der Waals surface area contributed by atoms with Gasteiger partial charge in [0.05, 0.1) is 36.4 Å². The van der Waals surface area contributed by atoms with Gasteiger partial charge in [-0.1, -0.05) is 12.1 Å². The van der Waals surface area contributed by atoms with Gasteiger partial charge in [0.2, 0.25) is 5.91 Å². The molecule has 170 valence electrons. The number of esters is 1. The Kier molecular flexibility index (Phi) is 7.42.